The lowest BCUT2D eigenvalue weighted by Crippen LogP contribution is -2.29. The number of anilines is 1. The van der Waals surface area contributed by atoms with Gasteiger partial charge in [-0.05, 0) is 45.0 Å². The van der Waals surface area contributed by atoms with E-state index >= 15 is 0 Å². The Hall–Kier alpha value is -3.49. The van der Waals surface area contributed by atoms with Crippen molar-refractivity contribution in [1.82, 2.24) is 24.9 Å². The summed E-state index contributed by atoms with van der Waals surface area (Å²) in [5, 5.41) is 14.7. The van der Waals surface area contributed by atoms with Gasteiger partial charge in [-0.3, -0.25) is 0 Å². The van der Waals surface area contributed by atoms with E-state index in [1.807, 2.05) is 60.9 Å². The average molecular weight is 489 g/mol. The number of ether oxygens (including phenoxy) is 2. The lowest BCUT2D eigenvalue weighted by Gasteiger charge is -2.23. The van der Waals surface area contributed by atoms with Crippen LogP contribution in [0, 0.1) is 13.8 Å². The van der Waals surface area contributed by atoms with E-state index in [4.69, 9.17) is 14.6 Å². The van der Waals surface area contributed by atoms with Crippen LogP contribution in [0.4, 0.5) is 5.82 Å². The average Bonchev–Trinajstić information content (AvgIpc) is 3.21. The van der Waals surface area contributed by atoms with Crippen molar-refractivity contribution in [2.24, 2.45) is 0 Å². The second-order valence-electron chi connectivity index (χ2n) is 9.40. The van der Waals surface area contributed by atoms with Gasteiger partial charge in [0.1, 0.15) is 23.1 Å². The predicted octanol–water partition coefficient (Wildman–Crippen LogP) is 4.41. The van der Waals surface area contributed by atoms with Gasteiger partial charge in [-0.15, -0.1) is 5.10 Å². The van der Waals surface area contributed by atoms with Crippen LogP contribution < -0.4 is 9.64 Å². The number of methoxy groups -OCH3 is 1. The molecule has 190 valence electrons. The third-order valence-electron chi connectivity index (χ3n) is 6.28. The molecule has 2 aromatic carbocycles. The number of hydrogen-bond acceptors (Lipinski definition) is 7. The van der Waals surface area contributed by atoms with Gasteiger partial charge in [0.15, 0.2) is 5.82 Å². The largest absolute Gasteiger partial charge is 0.486 e. The molecule has 0 aliphatic carbocycles. The normalized spacial score (nSPS) is 12.3. The summed E-state index contributed by atoms with van der Waals surface area (Å²) in [7, 11) is 7.75. The van der Waals surface area contributed by atoms with Crippen LogP contribution in [0.15, 0.2) is 54.6 Å². The zero-order chi connectivity index (χ0) is 25.7. The molecule has 2 heterocycles. The Labute approximate surface area is 213 Å². The highest BCUT2D eigenvalue weighted by molar-refractivity contribution is 5.92. The summed E-state index contributed by atoms with van der Waals surface area (Å²) < 4.78 is 14.0. The lowest BCUT2D eigenvalue weighted by atomic mass is 10.2. The van der Waals surface area contributed by atoms with Gasteiger partial charge in [0.2, 0.25) is 0 Å². The molecule has 0 saturated heterocycles. The van der Waals surface area contributed by atoms with Crippen LogP contribution in [0.3, 0.4) is 0 Å². The van der Waals surface area contributed by atoms with Gasteiger partial charge in [0.05, 0.1) is 23.4 Å². The molecule has 0 aliphatic rings. The summed E-state index contributed by atoms with van der Waals surface area (Å²) in [6.45, 7) is 6.32. The van der Waals surface area contributed by atoms with Crippen molar-refractivity contribution in [2.75, 3.05) is 46.3 Å². The van der Waals surface area contributed by atoms with Gasteiger partial charge in [-0.2, -0.15) is 10.2 Å². The molecule has 0 radical (unpaired) electrons. The van der Waals surface area contributed by atoms with Crippen LogP contribution in [0.1, 0.15) is 23.4 Å². The third-order valence-corrected chi connectivity index (χ3v) is 6.28. The minimum absolute atomic E-state index is 0.0953. The highest BCUT2D eigenvalue weighted by Gasteiger charge is 2.21. The first-order valence-electron chi connectivity index (χ1n) is 12.3. The van der Waals surface area contributed by atoms with Crippen LogP contribution in [0.2, 0.25) is 0 Å². The quantitative estimate of drug-likeness (QED) is 0.310. The molecule has 4 rings (SSSR count). The van der Waals surface area contributed by atoms with E-state index in [9.17, 15) is 0 Å². The number of fused-ring (bicyclic) bond motifs is 1. The zero-order valence-electron chi connectivity index (χ0n) is 22.1. The Morgan fingerprint density at radius 3 is 2.39 bits per heavy atom. The molecule has 0 amide bonds. The first kappa shape index (κ1) is 25.6. The number of nitrogens with zero attached hydrogens (tertiary/aromatic N) is 6. The van der Waals surface area contributed by atoms with E-state index < -0.39 is 0 Å². The molecular formula is C28H36N6O2. The molecule has 4 aromatic rings. The molecule has 0 fully saturated rings. The fourth-order valence-electron chi connectivity index (χ4n) is 4.46. The molecule has 36 heavy (non-hydrogen) atoms. The first-order valence-corrected chi connectivity index (χ1v) is 12.3. The maximum absolute atomic E-state index is 6.55. The summed E-state index contributed by atoms with van der Waals surface area (Å²) in [5.41, 5.74) is 4.87. The highest BCUT2D eigenvalue weighted by atomic mass is 16.5. The minimum atomic E-state index is -0.0953. The van der Waals surface area contributed by atoms with Crippen LogP contribution in [-0.4, -0.2) is 72.4 Å². The summed E-state index contributed by atoms with van der Waals surface area (Å²) in [5.74, 6) is 1.51. The molecule has 0 spiro atoms. The summed E-state index contributed by atoms with van der Waals surface area (Å²) >= 11 is 0. The van der Waals surface area contributed by atoms with Crippen molar-refractivity contribution in [3.63, 3.8) is 0 Å². The molecule has 8 heteroatoms. The number of aromatic nitrogens is 4. The maximum atomic E-state index is 6.55. The van der Waals surface area contributed by atoms with Crippen LogP contribution in [0.25, 0.3) is 16.6 Å². The van der Waals surface area contributed by atoms with Crippen molar-refractivity contribution in [1.29, 1.82) is 0 Å². The van der Waals surface area contributed by atoms with Crippen LogP contribution in [0.5, 0.6) is 5.75 Å². The van der Waals surface area contributed by atoms with E-state index in [2.05, 4.69) is 53.3 Å². The third kappa shape index (κ3) is 5.66. The van der Waals surface area contributed by atoms with Crippen molar-refractivity contribution >= 4 is 16.7 Å². The minimum Gasteiger partial charge on any atom is -0.486 e. The molecule has 2 aromatic heterocycles. The van der Waals surface area contributed by atoms with Crippen molar-refractivity contribution in [3.8, 4) is 11.4 Å². The molecule has 1 unspecified atom stereocenters. The number of rotatable bonds is 11. The first-order chi connectivity index (χ1) is 17.4. The van der Waals surface area contributed by atoms with E-state index in [0.29, 0.717) is 6.61 Å². The van der Waals surface area contributed by atoms with E-state index in [1.54, 1.807) is 7.11 Å². The Balaban J connectivity index is 1.58. The number of para-hydroxylation sites is 2. The molecule has 1 atom stereocenters. The molecule has 0 saturated carbocycles. The van der Waals surface area contributed by atoms with Crippen LogP contribution >= 0.6 is 0 Å². The van der Waals surface area contributed by atoms with Gasteiger partial charge in [0, 0.05) is 34.3 Å². The Bertz CT molecular complexity index is 1290. The summed E-state index contributed by atoms with van der Waals surface area (Å²) in [4.78, 5) is 4.25. The number of hydrogen-bond donors (Lipinski definition) is 0. The zero-order valence-corrected chi connectivity index (χ0v) is 22.1. The number of aryl methyl sites for hydroxylation is 2. The van der Waals surface area contributed by atoms with Crippen molar-refractivity contribution in [3.05, 3.63) is 71.5 Å². The lowest BCUT2D eigenvalue weighted by molar-refractivity contribution is 0.0689. The van der Waals surface area contributed by atoms with Gasteiger partial charge < -0.3 is 19.3 Å². The predicted molar refractivity (Wildman–Crippen MR) is 144 cm³/mol. The molecule has 0 N–H and O–H groups in total. The molecular weight excluding hydrogens is 452 g/mol. The smallest absolute Gasteiger partial charge is 0.179 e. The summed E-state index contributed by atoms with van der Waals surface area (Å²) in [6, 6.07) is 18.5. The van der Waals surface area contributed by atoms with Crippen molar-refractivity contribution < 1.29 is 9.47 Å². The number of benzene rings is 2. The van der Waals surface area contributed by atoms with Gasteiger partial charge in [0.25, 0.3) is 0 Å². The molecule has 8 nitrogen and oxygen atoms in total. The fourth-order valence-corrected chi connectivity index (χ4v) is 4.46. The Morgan fingerprint density at radius 1 is 0.944 bits per heavy atom. The molecule has 0 aliphatic heterocycles. The van der Waals surface area contributed by atoms with Gasteiger partial charge >= 0.3 is 0 Å². The maximum Gasteiger partial charge on any atom is 0.179 e. The van der Waals surface area contributed by atoms with Gasteiger partial charge in [-0.25, -0.2) is 4.68 Å². The second-order valence-corrected chi connectivity index (χ2v) is 9.40. The van der Waals surface area contributed by atoms with E-state index in [1.165, 1.54) is 5.56 Å². The molecule has 0 bridgehead atoms. The second kappa shape index (κ2) is 11.5. The highest BCUT2D eigenvalue weighted by Crippen LogP contribution is 2.32. The Morgan fingerprint density at radius 2 is 1.67 bits per heavy atom. The standard InChI is InChI=1S/C28H36N6O2/c1-20-26-21(2)34(31-27(26)28(30-29-20)32(3)4)24-14-10-11-15-25(24)36-23(19-35-6)16-17-33(5)18-22-12-8-7-9-13-22/h7-15,23H,16-19H2,1-6H3. The Kier molecular flexibility index (Phi) is 8.18. The van der Waals surface area contributed by atoms with E-state index in [-0.39, 0.29) is 6.10 Å². The summed E-state index contributed by atoms with van der Waals surface area (Å²) in [6.07, 6.45) is 0.741. The van der Waals surface area contributed by atoms with Crippen LogP contribution in [-0.2, 0) is 11.3 Å². The van der Waals surface area contributed by atoms with Gasteiger partial charge in [-0.1, -0.05) is 42.5 Å². The monoisotopic (exact) mass is 488 g/mol. The SMILES string of the molecule is COCC(CCN(C)Cc1ccccc1)Oc1ccccc1-n1nc2c(N(C)C)nnc(C)c2c1C. The fraction of sp³-hybridized carbons (Fsp3) is 0.393. The topological polar surface area (TPSA) is 68.5 Å². The van der Waals surface area contributed by atoms with E-state index in [0.717, 1.165) is 59.1 Å². The van der Waals surface area contributed by atoms with Crippen molar-refractivity contribution in [2.45, 2.75) is 32.9 Å².